The molecule has 2 rings (SSSR count). The second-order valence-corrected chi connectivity index (χ2v) is 6.04. The van der Waals surface area contributed by atoms with Gasteiger partial charge in [-0.2, -0.15) is 5.10 Å². The van der Waals surface area contributed by atoms with Crippen LogP contribution in [0.5, 0.6) is 5.75 Å². The molecule has 0 atom stereocenters. The largest absolute Gasteiger partial charge is 0.479 e. The van der Waals surface area contributed by atoms with Crippen molar-refractivity contribution in [3.63, 3.8) is 0 Å². The fourth-order valence-electron chi connectivity index (χ4n) is 1.75. The maximum Gasteiger partial charge on any atom is 0.180 e. The van der Waals surface area contributed by atoms with E-state index >= 15 is 0 Å². The van der Waals surface area contributed by atoms with Crippen molar-refractivity contribution in [1.82, 2.24) is 0 Å². The normalized spacial score (nSPS) is 11.4. The van der Waals surface area contributed by atoms with Crippen molar-refractivity contribution >= 4 is 34.7 Å². The van der Waals surface area contributed by atoms with Gasteiger partial charge in [0.2, 0.25) is 0 Å². The Kier molecular flexibility index (Phi) is 7.21. The van der Waals surface area contributed by atoms with Crippen molar-refractivity contribution in [3.8, 4) is 18.1 Å². The second-order valence-electron chi connectivity index (χ2n) is 4.64. The van der Waals surface area contributed by atoms with Crippen molar-refractivity contribution in [2.45, 2.75) is 5.75 Å². The Labute approximate surface area is 150 Å². The number of rotatable bonds is 6. The van der Waals surface area contributed by atoms with Gasteiger partial charge in [0.15, 0.2) is 5.17 Å². The van der Waals surface area contributed by atoms with E-state index in [1.807, 2.05) is 36.4 Å². The van der Waals surface area contributed by atoms with Gasteiger partial charge in [-0.3, -0.25) is 0 Å². The van der Waals surface area contributed by atoms with Crippen molar-refractivity contribution < 1.29 is 4.74 Å². The minimum Gasteiger partial charge on any atom is -0.479 e. The zero-order valence-electron chi connectivity index (χ0n) is 12.9. The summed E-state index contributed by atoms with van der Waals surface area (Å²) in [5.41, 5.74) is 7.80. The monoisotopic (exact) mass is 357 g/mol. The Hall–Kier alpha value is -2.42. The van der Waals surface area contributed by atoms with Gasteiger partial charge in [-0.25, -0.2) is 0 Å². The summed E-state index contributed by atoms with van der Waals surface area (Å²) >= 11 is 7.53. The summed E-state index contributed by atoms with van der Waals surface area (Å²) in [7, 11) is 0. The van der Waals surface area contributed by atoms with E-state index in [4.69, 9.17) is 28.5 Å². The molecule has 0 fully saturated rings. The third-order valence-electron chi connectivity index (χ3n) is 2.86. The molecule has 2 aromatic rings. The third kappa shape index (κ3) is 5.99. The van der Waals surface area contributed by atoms with Gasteiger partial charge in [0.1, 0.15) is 12.4 Å². The average Bonchev–Trinajstić information content (AvgIpc) is 2.60. The lowest BCUT2D eigenvalue weighted by Gasteiger charge is -2.04. The van der Waals surface area contributed by atoms with Crippen molar-refractivity contribution in [2.24, 2.45) is 15.9 Å². The molecular weight excluding hydrogens is 342 g/mol. The van der Waals surface area contributed by atoms with Crippen molar-refractivity contribution in [2.75, 3.05) is 6.61 Å². The van der Waals surface area contributed by atoms with Gasteiger partial charge in [-0.1, -0.05) is 59.6 Å². The van der Waals surface area contributed by atoms with E-state index in [9.17, 15) is 0 Å². The molecule has 6 heteroatoms. The number of thioether (sulfide) groups is 1. The maximum atomic E-state index is 6.10. The number of terminal acetylenes is 1. The molecule has 0 aliphatic carbocycles. The Bertz CT molecular complexity index is 770. The molecule has 0 saturated carbocycles. The standard InChI is InChI=1S/C18H16ClN3OS/c1-2-10-23-17-9-8-15(11-16(17)19)12-21-22-18(20)24-13-14-6-4-3-5-7-14/h1,3-9,11-12H,10,13H2,(H2,20,22). The van der Waals surface area contributed by atoms with E-state index in [2.05, 4.69) is 16.1 Å². The molecular formula is C18H16ClN3OS. The van der Waals surface area contributed by atoms with Crippen LogP contribution in [0.2, 0.25) is 5.02 Å². The minimum absolute atomic E-state index is 0.173. The predicted octanol–water partition coefficient (Wildman–Crippen LogP) is 3.93. The number of nitrogens with two attached hydrogens (primary N) is 1. The van der Waals surface area contributed by atoms with Gasteiger partial charge in [-0.15, -0.1) is 11.5 Å². The zero-order valence-corrected chi connectivity index (χ0v) is 14.4. The van der Waals surface area contributed by atoms with Crippen LogP contribution in [-0.4, -0.2) is 18.0 Å². The lowest BCUT2D eigenvalue weighted by molar-refractivity contribution is 0.370. The first-order valence-corrected chi connectivity index (χ1v) is 8.44. The smallest absolute Gasteiger partial charge is 0.180 e. The lowest BCUT2D eigenvalue weighted by atomic mass is 10.2. The highest BCUT2D eigenvalue weighted by molar-refractivity contribution is 8.13. The lowest BCUT2D eigenvalue weighted by Crippen LogP contribution is -2.06. The summed E-state index contributed by atoms with van der Waals surface area (Å²) in [5.74, 6) is 3.67. The molecule has 0 bridgehead atoms. The van der Waals surface area contributed by atoms with Gasteiger partial charge in [0.25, 0.3) is 0 Å². The zero-order chi connectivity index (χ0) is 17.2. The summed E-state index contributed by atoms with van der Waals surface area (Å²) in [5, 5.41) is 8.80. The molecule has 0 saturated heterocycles. The number of ether oxygens (including phenoxy) is 1. The van der Waals surface area contributed by atoms with Crippen LogP contribution < -0.4 is 10.5 Å². The molecule has 0 amide bonds. The SMILES string of the molecule is C#CCOc1ccc(C=NN=C(N)SCc2ccccc2)cc1Cl. The minimum atomic E-state index is 0.173. The fraction of sp³-hybridized carbons (Fsp3) is 0.111. The molecule has 122 valence electrons. The first-order valence-electron chi connectivity index (χ1n) is 7.08. The summed E-state index contributed by atoms with van der Waals surface area (Å²) in [4.78, 5) is 0. The Morgan fingerprint density at radius 3 is 2.79 bits per heavy atom. The fourth-order valence-corrected chi connectivity index (χ4v) is 2.60. The summed E-state index contributed by atoms with van der Waals surface area (Å²) < 4.78 is 5.29. The van der Waals surface area contributed by atoms with Crippen LogP contribution in [0.4, 0.5) is 0 Å². The number of benzene rings is 2. The second kappa shape index (κ2) is 9.66. The van der Waals surface area contributed by atoms with Crippen LogP contribution in [0, 0.1) is 12.3 Å². The molecule has 2 aromatic carbocycles. The maximum absolute atomic E-state index is 6.10. The molecule has 0 aliphatic heterocycles. The van der Waals surface area contributed by atoms with Gasteiger partial charge in [0.05, 0.1) is 11.2 Å². The quantitative estimate of drug-likeness (QED) is 0.369. The average molecular weight is 358 g/mol. The topological polar surface area (TPSA) is 60.0 Å². The summed E-state index contributed by atoms with van der Waals surface area (Å²) in [6, 6.07) is 15.3. The van der Waals surface area contributed by atoms with E-state index in [0.29, 0.717) is 15.9 Å². The van der Waals surface area contributed by atoms with Crippen LogP contribution in [0.25, 0.3) is 0 Å². The third-order valence-corrected chi connectivity index (χ3v) is 4.01. The highest BCUT2D eigenvalue weighted by Gasteiger charge is 2.01. The molecule has 2 N–H and O–H groups in total. The van der Waals surface area contributed by atoms with Gasteiger partial charge in [-0.05, 0) is 29.3 Å². The summed E-state index contributed by atoms with van der Waals surface area (Å²) in [6.07, 6.45) is 6.72. The molecule has 0 spiro atoms. The van der Waals surface area contributed by atoms with E-state index in [-0.39, 0.29) is 6.61 Å². The molecule has 0 radical (unpaired) electrons. The van der Waals surface area contributed by atoms with Crippen LogP contribution in [0.15, 0.2) is 58.7 Å². The number of halogens is 1. The molecule has 0 unspecified atom stereocenters. The first kappa shape index (κ1) is 17.9. The van der Waals surface area contributed by atoms with E-state index in [0.717, 1.165) is 11.3 Å². The van der Waals surface area contributed by atoms with Crippen LogP contribution in [0.3, 0.4) is 0 Å². The number of hydrogen-bond acceptors (Lipinski definition) is 4. The van der Waals surface area contributed by atoms with Crippen LogP contribution in [-0.2, 0) is 5.75 Å². The van der Waals surface area contributed by atoms with Gasteiger partial charge < -0.3 is 10.5 Å². The van der Waals surface area contributed by atoms with Crippen LogP contribution in [0.1, 0.15) is 11.1 Å². The van der Waals surface area contributed by atoms with Crippen molar-refractivity contribution in [3.05, 3.63) is 64.7 Å². The van der Waals surface area contributed by atoms with E-state index < -0.39 is 0 Å². The highest BCUT2D eigenvalue weighted by atomic mass is 35.5. The number of nitrogens with zero attached hydrogens (tertiary/aromatic N) is 2. The highest BCUT2D eigenvalue weighted by Crippen LogP contribution is 2.24. The van der Waals surface area contributed by atoms with Crippen LogP contribution >= 0.6 is 23.4 Å². The van der Waals surface area contributed by atoms with E-state index in [1.165, 1.54) is 17.3 Å². The van der Waals surface area contributed by atoms with E-state index in [1.54, 1.807) is 18.3 Å². The first-order chi connectivity index (χ1) is 11.7. The van der Waals surface area contributed by atoms with Gasteiger partial charge in [0, 0.05) is 5.75 Å². The number of amidine groups is 1. The Morgan fingerprint density at radius 2 is 2.08 bits per heavy atom. The van der Waals surface area contributed by atoms with Gasteiger partial charge >= 0.3 is 0 Å². The molecule has 0 aromatic heterocycles. The molecule has 4 nitrogen and oxygen atoms in total. The Morgan fingerprint density at radius 1 is 1.29 bits per heavy atom. The Balaban J connectivity index is 1.90. The molecule has 0 aliphatic rings. The molecule has 24 heavy (non-hydrogen) atoms. The summed E-state index contributed by atoms with van der Waals surface area (Å²) in [6.45, 7) is 0.173. The predicted molar refractivity (Wildman–Crippen MR) is 103 cm³/mol. The number of hydrogen-bond donors (Lipinski definition) is 1. The van der Waals surface area contributed by atoms with Crippen molar-refractivity contribution in [1.29, 1.82) is 0 Å². The molecule has 0 heterocycles.